The smallest absolute Gasteiger partial charge is 0.304 e. The molecule has 0 amide bonds. The second-order valence-electron chi connectivity index (χ2n) is 4.39. The van der Waals surface area contributed by atoms with Gasteiger partial charge in [0, 0.05) is 11.8 Å². The van der Waals surface area contributed by atoms with Gasteiger partial charge in [0.2, 0.25) is 11.7 Å². The standard InChI is InChI=1S/C12H9FN6O3S/c13-9-3-8(1-2-10(9)19(20)21)5-23-12-17-16-11(22-12)4-18-7-14-6-15-18/h1-3,6-7H,4-5H2. The highest BCUT2D eigenvalue weighted by molar-refractivity contribution is 7.98. The molecule has 0 saturated carbocycles. The van der Waals surface area contributed by atoms with Crippen molar-refractivity contribution >= 4 is 17.4 Å². The minimum absolute atomic E-state index is 0.305. The second-order valence-corrected chi connectivity index (χ2v) is 5.31. The summed E-state index contributed by atoms with van der Waals surface area (Å²) in [6, 6.07) is 3.74. The number of nitro groups is 1. The highest BCUT2D eigenvalue weighted by Gasteiger charge is 2.14. The van der Waals surface area contributed by atoms with Gasteiger partial charge >= 0.3 is 5.69 Å². The molecule has 0 bridgehead atoms. The van der Waals surface area contributed by atoms with Crippen molar-refractivity contribution in [3.8, 4) is 0 Å². The Bertz CT molecular complexity index is 822. The van der Waals surface area contributed by atoms with Gasteiger partial charge < -0.3 is 4.42 Å². The maximum atomic E-state index is 13.5. The van der Waals surface area contributed by atoms with Gasteiger partial charge in [0.05, 0.1) is 4.92 Å². The molecule has 0 aliphatic carbocycles. The monoisotopic (exact) mass is 336 g/mol. The Morgan fingerprint density at radius 2 is 2.26 bits per heavy atom. The Labute approximate surface area is 132 Å². The molecule has 9 nitrogen and oxygen atoms in total. The van der Waals surface area contributed by atoms with Crippen LogP contribution >= 0.6 is 11.8 Å². The summed E-state index contributed by atoms with van der Waals surface area (Å²) in [4.78, 5) is 13.6. The van der Waals surface area contributed by atoms with E-state index in [4.69, 9.17) is 4.42 Å². The molecule has 11 heteroatoms. The van der Waals surface area contributed by atoms with Crippen molar-refractivity contribution in [3.63, 3.8) is 0 Å². The normalized spacial score (nSPS) is 10.8. The van der Waals surface area contributed by atoms with E-state index in [0.717, 1.165) is 12.1 Å². The Morgan fingerprint density at radius 3 is 2.96 bits per heavy atom. The highest BCUT2D eigenvalue weighted by atomic mass is 32.2. The number of nitro benzene ring substituents is 1. The zero-order valence-corrected chi connectivity index (χ0v) is 12.3. The van der Waals surface area contributed by atoms with Crippen molar-refractivity contribution in [2.24, 2.45) is 0 Å². The van der Waals surface area contributed by atoms with Crippen LogP contribution in [-0.4, -0.2) is 29.9 Å². The fraction of sp³-hybridized carbons (Fsp3) is 0.167. The van der Waals surface area contributed by atoms with Crippen LogP contribution in [0.15, 0.2) is 40.5 Å². The van der Waals surface area contributed by atoms with Crippen LogP contribution < -0.4 is 0 Å². The molecule has 23 heavy (non-hydrogen) atoms. The molecule has 0 unspecified atom stereocenters. The summed E-state index contributed by atoms with van der Waals surface area (Å²) in [7, 11) is 0. The number of hydrogen-bond acceptors (Lipinski definition) is 8. The Morgan fingerprint density at radius 1 is 1.39 bits per heavy atom. The highest BCUT2D eigenvalue weighted by Crippen LogP contribution is 2.24. The zero-order valence-electron chi connectivity index (χ0n) is 11.5. The third kappa shape index (κ3) is 3.69. The van der Waals surface area contributed by atoms with Gasteiger partial charge in [0.25, 0.3) is 5.22 Å². The molecule has 118 valence electrons. The third-order valence-corrected chi connectivity index (χ3v) is 3.67. The van der Waals surface area contributed by atoms with Gasteiger partial charge in [-0.05, 0) is 11.6 Å². The molecular formula is C12H9FN6O3S. The molecule has 0 aliphatic rings. The van der Waals surface area contributed by atoms with E-state index < -0.39 is 16.4 Å². The van der Waals surface area contributed by atoms with Crippen molar-refractivity contribution in [2.45, 2.75) is 17.5 Å². The van der Waals surface area contributed by atoms with E-state index in [1.165, 1.54) is 35.2 Å². The lowest BCUT2D eigenvalue weighted by atomic mass is 10.2. The van der Waals surface area contributed by atoms with Crippen LogP contribution in [0.1, 0.15) is 11.5 Å². The van der Waals surface area contributed by atoms with E-state index in [9.17, 15) is 14.5 Å². The van der Waals surface area contributed by atoms with Crippen LogP contribution in [0.4, 0.5) is 10.1 Å². The number of hydrogen-bond donors (Lipinski definition) is 0. The maximum Gasteiger partial charge on any atom is 0.304 e. The van der Waals surface area contributed by atoms with Gasteiger partial charge in [0.15, 0.2) is 0 Å². The Hall–Kier alpha value is -2.82. The Balaban J connectivity index is 1.61. The molecule has 0 spiro atoms. The van der Waals surface area contributed by atoms with Crippen molar-refractivity contribution in [1.82, 2.24) is 25.0 Å². The van der Waals surface area contributed by atoms with E-state index in [1.54, 1.807) is 0 Å². The lowest BCUT2D eigenvalue weighted by Gasteiger charge is -1.99. The summed E-state index contributed by atoms with van der Waals surface area (Å²) in [5.41, 5.74) is 0.0285. The number of rotatable bonds is 6. The number of aromatic nitrogens is 5. The molecule has 0 atom stereocenters. The maximum absolute atomic E-state index is 13.5. The van der Waals surface area contributed by atoms with Gasteiger partial charge in [0.1, 0.15) is 19.2 Å². The van der Waals surface area contributed by atoms with Crippen LogP contribution in [0.3, 0.4) is 0 Å². The fourth-order valence-electron chi connectivity index (χ4n) is 1.75. The number of benzene rings is 1. The van der Waals surface area contributed by atoms with E-state index in [2.05, 4.69) is 20.3 Å². The molecular weight excluding hydrogens is 327 g/mol. The molecule has 3 rings (SSSR count). The Kier molecular flexibility index (Phi) is 4.28. The molecule has 0 saturated heterocycles. The largest absolute Gasteiger partial charge is 0.414 e. The molecule has 0 aliphatic heterocycles. The van der Waals surface area contributed by atoms with E-state index in [-0.39, 0.29) is 0 Å². The first kappa shape index (κ1) is 15.1. The summed E-state index contributed by atoms with van der Waals surface area (Å²) in [5.74, 6) is -0.154. The van der Waals surface area contributed by atoms with Crippen LogP contribution in [0.25, 0.3) is 0 Å². The van der Waals surface area contributed by atoms with Crippen molar-refractivity contribution in [2.75, 3.05) is 0 Å². The summed E-state index contributed by atoms with van der Waals surface area (Å²) < 4.78 is 20.5. The van der Waals surface area contributed by atoms with Gasteiger partial charge in [-0.3, -0.25) is 10.1 Å². The number of nitrogens with zero attached hydrogens (tertiary/aromatic N) is 6. The average Bonchev–Trinajstić information content (AvgIpc) is 3.17. The molecule has 2 aromatic heterocycles. The molecule has 0 radical (unpaired) electrons. The second kappa shape index (κ2) is 6.52. The quantitative estimate of drug-likeness (QED) is 0.382. The first-order valence-electron chi connectivity index (χ1n) is 6.32. The van der Waals surface area contributed by atoms with Gasteiger partial charge in [-0.15, -0.1) is 10.2 Å². The topological polar surface area (TPSA) is 113 Å². The van der Waals surface area contributed by atoms with Gasteiger partial charge in [-0.1, -0.05) is 17.8 Å². The first-order chi connectivity index (χ1) is 11.1. The van der Waals surface area contributed by atoms with Crippen LogP contribution in [0.2, 0.25) is 0 Å². The lowest BCUT2D eigenvalue weighted by molar-refractivity contribution is -0.387. The number of thioether (sulfide) groups is 1. The summed E-state index contributed by atoms with van der Waals surface area (Å²) >= 11 is 1.21. The van der Waals surface area contributed by atoms with Crippen molar-refractivity contribution < 1.29 is 13.7 Å². The SMILES string of the molecule is O=[N+]([O-])c1ccc(CSc2nnc(Cn3cncn3)o2)cc1F. The molecule has 3 aromatic rings. The van der Waals surface area contributed by atoms with Crippen LogP contribution in [0.5, 0.6) is 0 Å². The van der Waals surface area contributed by atoms with Crippen molar-refractivity contribution in [3.05, 3.63) is 58.2 Å². The van der Waals surface area contributed by atoms with E-state index >= 15 is 0 Å². The number of halogens is 1. The summed E-state index contributed by atoms with van der Waals surface area (Å²) in [6.07, 6.45) is 2.92. The van der Waals surface area contributed by atoms with Crippen LogP contribution in [-0.2, 0) is 12.3 Å². The lowest BCUT2D eigenvalue weighted by Crippen LogP contribution is -1.99. The minimum atomic E-state index is -0.870. The first-order valence-corrected chi connectivity index (χ1v) is 7.31. The zero-order chi connectivity index (χ0) is 16.2. The van der Waals surface area contributed by atoms with E-state index in [0.29, 0.717) is 29.0 Å². The third-order valence-electron chi connectivity index (χ3n) is 2.78. The molecule has 1 aromatic carbocycles. The van der Waals surface area contributed by atoms with E-state index in [1.807, 2.05) is 0 Å². The molecule has 0 N–H and O–H groups in total. The average molecular weight is 336 g/mol. The fourth-order valence-corrected chi connectivity index (χ4v) is 2.47. The predicted molar refractivity (Wildman–Crippen MR) is 76.0 cm³/mol. The van der Waals surface area contributed by atoms with Crippen LogP contribution in [0, 0.1) is 15.9 Å². The van der Waals surface area contributed by atoms with Crippen molar-refractivity contribution in [1.29, 1.82) is 0 Å². The van der Waals surface area contributed by atoms with Gasteiger partial charge in [-0.25, -0.2) is 9.67 Å². The predicted octanol–water partition coefficient (Wildman–Crippen LogP) is 2.05. The molecule has 2 heterocycles. The summed E-state index contributed by atoms with van der Waals surface area (Å²) in [5, 5.41) is 22.5. The summed E-state index contributed by atoms with van der Waals surface area (Å²) in [6.45, 7) is 0.305. The molecule has 0 fully saturated rings. The minimum Gasteiger partial charge on any atom is -0.414 e. The van der Waals surface area contributed by atoms with Gasteiger partial charge in [-0.2, -0.15) is 9.49 Å².